The molecule has 1 atom stereocenters. The van der Waals surface area contributed by atoms with E-state index in [0.29, 0.717) is 29.2 Å². The van der Waals surface area contributed by atoms with Crippen LogP contribution in [0, 0.1) is 12.3 Å². The van der Waals surface area contributed by atoms with Crippen LogP contribution in [0.5, 0.6) is 5.75 Å². The molecule has 204 valence electrons. The Balaban J connectivity index is 1.63. The summed E-state index contributed by atoms with van der Waals surface area (Å²) < 4.78 is 21.4. The van der Waals surface area contributed by atoms with Gasteiger partial charge in [0.05, 0.1) is 34.3 Å². The Morgan fingerprint density at radius 1 is 1.26 bits per heavy atom. The molecule has 0 amide bonds. The highest BCUT2D eigenvalue weighted by Gasteiger charge is 2.48. The van der Waals surface area contributed by atoms with Gasteiger partial charge in [0.25, 0.3) is 5.56 Å². The molecule has 5 rings (SSSR count). The van der Waals surface area contributed by atoms with Gasteiger partial charge in [-0.25, -0.2) is 4.79 Å². The highest BCUT2D eigenvalue weighted by atomic mass is 79.9. The predicted molar refractivity (Wildman–Crippen MR) is 147 cm³/mol. The number of aryl methyl sites for hydroxylation is 1. The summed E-state index contributed by atoms with van der Waals surface area (Å²) in [4.78, 5) is 40.0. The maximum Gasteiger partial charge on any atom is 0.332 e. The number of thiophene rings is 1. The van der Waals surface area contributed by atoms with Gasteiger partial charge in [0, 0.05) is 24.8 Å². The number of benzene rings is 1. The molecule has 2 aliphatic rings. The first kappa shape index (κ1) is 27.1. The van der Waals surface area contributed by atoms with Crippen LogP contribution < -0.4 is 16.0 Å². The Kier molecular flexibility index (Phi) is 7.56. The van der Waals surface area contributed by atoms with Crippen molar-refractivity contribution in [3.05, 3.63) is 60.0 Å². The molecule has 11 heteroatoms. The maximum atomic E-state index is 14.0. The van der Waals surface area contributed by atoms with Gasteiger partial charge in [-0.1, -0.05) is 18.2 Å². The first-order valence-electron chi connectivity index (χ1n) is 12.7. The van der Waals surface area contributed by atoms with Crippen LogP contribution in [0.1, 0.15) is 55.9 Å². The van der Waals surface area contributed by atoms with E-state index in [1.54, 1.807) is 18.6 Å². The van der Waals surface area contributed by atoms with Crippen LogP contribution in [0.2, 0.25) is 0 Å². The Hall–Kier alpha value is -2.47. The summed E-state index contributed by atoms with van der Waals surface area (Å²) in [6, 6.07) is 7.10. The average Bonchev–Trinajstić information content (AvgIpc) is 3.19. The number of para-hydroxylation sites is 1. The highest BCUT2D eigenvalue weighted by molar-refractivity contribution is 9.11. The normalized spacial score (nSPS) is 22.8. The van der Waals surface area contributed by atoms with Crippen molar-refractivity contribution in [1.82, 2.24) is 9.13 Å². The third-order valence-corrected chi connectivity index (χ3v) is 9.98. The second-order valence-corrected chi connectivity index (χ2v) is 12.7. The molecule has 3 aromatic rings. The number of halogens is 1. The Bertz CT molecular complexity index is 1480. The van der Waals surface area contributed by atoms with Crippen molar-refractivity contribution in [3.8, 4) is 5.75 Å². The van der Waals surface area contributed by atoms with Crippen molar-refractivity contribution in [2.45, 2.75) is 64.3 Å². The van der Waals surface area contributed by atoms with Gasteiger partial charge in [-0.2, -0.15) is 0 Å². The molecule has 2 fully saturated rings. The molecule has 1 aliphatic carbocycles. The van der Waals surface area contributed by atoms with Gasteiger partial charge in [0.15, 0.2) is 0 Å². The monoisotopic (exact) mass is 606 g/mol. The number of carboxylic acids is 1. The Morgan fingerprint density at radius 3 is 2.61 bits per heavy atom. The molecule has 1 saturated heterocycles. The average molecular weight is 608 g/mol. The molecule has 38 heavy (non-hydrogen) atoms. The number of rotatable bonds is 8. The zero-order chi connectivity index (χ0) is 27.2. The van der Waals surface area contributed by atoms with Crippen LogP contribution in [-0.4, -0.2) is 46.6 Å². The van der Waals surface area contributed by atoms with Crippen molar-refractivity contribution in [2.75, 3.05) is 20.3 Å². The number of ether oxygens (including phenoxy) is 3. The minimum Gasteiger partial charge on any atom is -0.496 e. The van der Waals surface area contributed by atoms with E-state index in [9.17, 15) is 19.5 Å². The van der Waals surface area contributed by atoms with Crippen LogP contribution in [0.15, 0.2) is 37.6 Å². The van der Waals surface area contributed by atoms with Crippen molar-refractivity contribution in [1.29, 1.82) is 0 Å². The summed E-state index contributed by atoms with van der Waals surface area (Å²) in [6.45, 7) is 4.89. The summed E-state index contributed by atoms with van der Waals surface area (Å²) in [6.07, 6.45) is 1.37. The molecule has 1 aliphatic heterocycles. The summed E-state index contributed by atoms with van der Waals surface area (Å²) in [5.41, 5.74) is -0.209. The molecule has 0 radical (unpaired) electrons. The zero-order valence-corrected chi connectivity index (χ0v) is 24.0. The number of carboxylic acid groups (broad SMARTS) is 1. The molecule has 0 spiro atoms. The van der Waals surface area contributed by atoms with E-state index >= 15 is 0 Å². The van der Waals surface area contributed by atoms with Crippen molar-refractivity contribution < 1.29 is 24.1 Å². The van der Waals surface area contributed by atoms with Gasteiger partial charge in [-0.15, -0.1) is 11.3 Å². The number of fused-ring (bicyclic) bond motifs is 1. The minimum atomic E-state index is -0.952. The number of nitrogens with zero attached hydrogens (tertiary/aromatic N) is 2. The summed E-state index contributed by atoms with van der Waals surface area (Å²) >= 11 is 4.90. The van der Waals surface area contributed by atoms with Crippen LogP contribution >= 0.6 is 27.3 Å². The third kappa shape index (κ3) is 4.74. The fraction of sp³-hybridized carbons (Fsp3) is 0.519. The minimum absolute atomic E-state index is 0.0459. The van der Waals surface area contributed by atoms with E-state index in [4.69, 9.17) is 14.2 Å². The SMILES string of the molecule is COc1ccccc1C(Cn1c(=O)n(C2CC(C)(C(=O)O)C2)c(=O)c2c(C)c(Br)sc21)OC1CCOCC1. The molecule has 1 aromatic carbocycles. The molecule has 2 aromatic heterocycles. The lowest BCUT2D eigenvalue weighted by Gasteiger charge is -2.42. The van der Waals surface area contributed by atoms with Gasteiger partial charge >= 0.3 is 11.7 Å². The van der Waals surface area contributed by atoms with Crippen molar-refractivity contribution >= 4 is 43.5 Å². The highest BCUT2D eigenvalue weighted by Crippen LogP contribution is 2.47. The predicted octanol–water partition coefficient (Wildman–Crippen LogP) is 4.67. The van der Waals surface area contributed by atoms with Crippen LogP contribution in [-0.2, 0) is 20.8 Å². The molecule has 1 saturated carbocycles. The van der Waals surface area contributed by atoms with E-state index in [0.717, 1.165) is 27.8 Å². The third-order valence-electron chi connectivity index (χ3n) is 7.80. The lowest BCUT2D eigenvalue weighted by molar-refractivity contribution is -0.155. The van der Waals surface area contributed by atoms with Gasteiger partial charge in [0.2, 0.25) is 0 Å². The molecular weight excluding hydrogens is 576 g/mol. The van der Waals surface area contributed by atoms with E-state index in [1.165, 1.54) is 15.9 Å². The fourth-order valence-electron chi connectivity index (χ4n) is 5.52. The van der Waals surface area contributed by atoms with Gasteiger partial charge in [-0.05, 0) is 67.1 Å². The Labute approximate surface area is 232 Å². The zero-order valence-electron chi connectivity index (χ0n) is 21.6. The van der Waals surface area contributed by atoms with E-state index in [-0.39, 0.29) is 31.0 Å². The Morgan fingerprint density at radius 2 is 1.95 bits per heavy atom. The van der Waals surface area contributed by atoms with Crippen LogP contribution in [0.3, 0.4) is 0 Å². The number of methoxy groups -OCH3 is 1. The lowest BCUT2D eigenvalue weighted by atomic mass is 9.67. The van der Waals surface area contributed by atoms with Crippen molar-refractivity contribution in [3.63, 3.8) is 0 Å². The van der Waals surface area contributed by atoms with Crippen molar-refractivity contribution in [2.24, 2.45) is 5.41 Å². The largest absolute Gasteiger partial charge is 0.496 e. The topological polar surface area (TPSA) is 109 Å². The number of aliphatic carboxylic acids is 1. The number of hydrogen-bond acceptors (Lipinski definition) is 7. The maximum absolute atomic E-state index is 14.0. The second-order valence-electron chi connectivity index (χ2n) is 10.4. The fourth-order valence-corrected chi connectivity index (χ4v) is 7.20. The van der Waals surface area contributed by atoms with E-state index in [2.05, 4.69) is 15.9 Å². The smallest absolute Gasteiger partial charge is 0.332 e. The van der Waals surface area contributed by atoms with Gasteiger partial charge in [-0.3, -0.25) is 18.7 Å². The standard InChI is InChI=1S/C27H31BrN2O7S/c1-15-21-23(31)30(16-12-27(2,13-16)25(32)33)26(34)29(24(21)38-22(15)28)14-20(37-17-8-10-36-11-9-17)18-6-4-5-7-19(18)35-3/h4-7,16-17,20H,8-14H2,1-3H3,(H,32,33). The molecule has 1 N–H and O–H groups in total. The van der Waals surface area contributed by atoms with E-state index in [1.807, 2.05) is 31.2 Å². The van der Waals surface area contributed by atoms with E-state index < -0.39 is 29.2 Å². The first-order chi connectivity index (χ1) is 18.1. The molecule has 0 bridgehead atoms. The summed E-state index contributed by atoms with van der Waals surface area (Å²) in [5, 5.41) is 10.1. The molecule has 3 heterocycles. The van der Waals surface area contributed by atoms with Gasteiger partial charge < -0.3 is 19.3 Å². The van der Waals surface area contributed by atoms with Crippen LogP contribution in [0.4, 0.5) is 0 Å². The summed E-state index contributed by atoms with van der Waals surface area (Å²) in [5.74, 6) is -0.263. The quantitative estimate of drug-likeness (QED) is 0.397. The first-order valence-corrected chi connectivity index (χ1v) is 14.3. The molecular formula is C27H31BrN2O7S. The number of carbonyl (C=O) groups is 1. The van der Waals surface area contributed by atoms with Gasteiger partial charge in [0.1, 0.15) is 16.7 Å². The molecule has 9 nitrogen and oxygen atoms in total. The van der Waals surface area contributed by atoms with Crippen LogP contribution in [0.25, 0.3) is 10.2 Å². The lowest BCUT2D eigenvalue weighted by Crippen LogP contribution is -2.51. The summed E-state index contributed by atoms with van der Waals surface area (Å²) in [7, 11) is 1.60. The molecule has 1 unspecified atom stereocenters. The second kappa shape index (κ2) is 10.6. The number of hydrogen-bond donors (Lipinski definition) is 1. The number of aromatic nitrogens is 2.